The van der Waals surface area contributed by atoms with Crippen molar-refractivity contribution in [3.8, 4) is 0 Å². The van der Waals surface area contributed by atoms with E-state index in [0.717, 1.165) is 47.6 Å². The predicted octanol–water partition coefficient (Wildman–Crippen LogP) is 6.09. The summed E-state index contributed by atoms with van der Waals surface area (Å²) in [6.07, 6.45) is 10.3. The molecule has 2 aromatic heterocycles. The molecule has 1 aliphatic carbocycles. The van der Waals surface area contributed by atoms with Gasteiger partial charge in [0.1, 0.15) is 16.9 Å². The number of fused-ring (bicyclic) bond motifs is 1. The average Bonchev–Trinajstić information content (AvgIpc) is 3.14. The first-order valence-electron chi connectivity index (χ1n) is 11.8. The van der Waals surface area contributed by atoms with Crippen molar-refractivity contribution >= 4 is 17.0 Å². The Labute approximate surface area is 184 Å². The number of halogens is 1. The Morgan fingerprint density at radius 1 is 1.13 bits per heavy atom. The second-order valence-electron chi connectivity index (χ2n) is 9.15. The molecule has 0 aliphatic heterocycles. The number of nitrogens with zero attached hydrogens (tertiary/aromatic N) is 5. The average molecular weight is 424 g/mol. The molecule has 4 rings (SSSR count). The molecule has 2 heterocycles. The molecule has 0 saturated heterocycles. The predicted molar refractivity (Wildman–Crippen MR) is 124 cm³/mol. The van der Waals surface area contributed by atoms with Gasteiger partial charge in [-0.25, -0.2) is 14.4 Å². The zero-order valence-corrected chi connectivity index (χ0v) is 19.0. The lowest BCUT2D eigenvalue weighted by Gasteiger charge is -2.30. The van der Waals surface area contributed by atoms with Gasteiger partial charge in [-0.15, -0.1) is 0 Å². The maximum Gasteiger partial charge on any atom is 0.226 e. The number of benzene rings is 1. The van der Waals surface area contributed by atoms with Crippen molar-refractivity contribution in [1.82, 2.24) is 19.7 Å². The summed E-state index contributed by atoms with van der Waals surface area (Å²) in [5, 5.41) is 4.84. The van der Waals surface area contributed by atoms with Crippen LogP contribution in [0.4, 0.5) is 10.3 Å². The fourth-order valence-electron chi connectivity index (χ4n) is 4.64. The molecule has 1 saturated carbocycles. The number of aryl methyl sites for hydroxylation is 1. The molecule has 0 atom stereocenters. The zero-order chi connectivity index (χ0) is 21.8. The molecule has 3 aromatic rings. The van der Waals surface area contributed by atoms with Gasteiger partial charge < -0.3 is 4.90 Å². The highest BCUT2D eigenvalue weighted by molar-refractivity contribution is 5.78. The second-order valence-corrected chi connectivity index (χ2v) is 9.15. The second kappa shape index (κ2) is 9.75. The number of hydrogen-bond donors (Lipinski definition) is 0. The number of aromatic nitrogens is 4. The fraction of sp³-hybridized carbons (Fsp3) is 0.560. The van der Waals surface area contributed by atoms with Crippen molar-refractivity contribution in [3.63, 3.8) is 0 Å². The van der Waals surface area contributed by atoms with Crippen LogP contribution in [0, 0.1) is 11.7 Å². The van der Waals surface area contributed by atoms with Crippen molar-refractivity contribution in [3.05, 3.63) is 47.5 Å². The van der Waals surface area contributed by atoms with E-state index in [0.29, 0.717) is 12.5 Å². The summed E-state index contributed by atoms with van der Waals surface area (Å²) >= 11 is 0. The molecule has 31 heavy (non-hydrogen) atoms. The third-order valence-electron chi connectivity index (χ3n) is 6.25. The maximum atomic E-state index is 13.4. The lowest BCUT2D eigenvalue weighted by molar-refractivity contribution is 0.356. The topological polar surface area (TPSA) is 46.8 Å². The largest absolute Gasteiger partial charge is 0.336 e. The highest BCUT2D eigenvalue weighted by Crippen LogP contribution is 2.28. The van der Waals surface area contributed by atoms with E-state index >= 15 is 0 Å². The van der Waals surface area contributed by atoms with Crippen LogP contribution in [0.5, 0.6) is 0 Å². The van der Waals surface area contributed by atoms with Gasteiger partial charge in [0, 0.05) is 19.1 Å². The van der Waals surface area contributed by atoms with Crippen LogP contribution in [0.1, 0.15) is 76.6 Å². The van der Waals surface area contributed by atoms with Gasteiger partial charge in [0.25, 0.3) is 0 Å². The Morgan fingerprint density at radius 3 is 2.55 bits per heavy atom. The third kappa shape index (κ3) is 5.05. The van der Waals surface area contributed by atoms with Gasteiger partial charge in [-0.3, -0.25) is 4.68 Å². The lowest BCUT2D eigenvalue weighted by atomic mass is 9.89. The van der Waals surface area contributed by atoms with Gasteiger partial charge in [0.15, 0.2) is 0 Å². The Hall–Kier alpha value is -2.50. The molecule has 5 nitrogen and oxygen atoms in total. The van der Waals surface area contributed by atoms with E-state index in [1.165, 1.54) is 44.2 Å². The quantitative estimate of drug-likeness (QED) is 0.440. The first-order chi connectivity index (χ1) is 15.0. The van der Waals surface area contributed by atoms with Crippen LogP contribution in [0.3, 0.4) is 0 Å². The molecule has 0 spiro atoms. The smallest absolute Gasteiger partial charge is 0.226 e. The van der Waals surface area contributed by atoms with E-state index in [2.05, 4.69) is 25.7 Å². The van der Waals surface area contributed by atoms with E-state index in [9.17, 15) is 4.39 Å². The summed E-state index contributed by atoms with van der Waals surface area (Å²) in [4.78, 5) is 12.1. The van der Waals surface area contributed by atoms with Gasteiger partial charge in [0.05, 0.1) is 11.9 Å². The zero-order valence-electron chi connectivity index (χ0n) is 19.0. The summed E-state index contributed by atoms with van der Waals surface area (Å²) < 4.78 is 15.5. The molecular weight excluding hydrogens is 389 g/mol. The van der Waals surface area contributed by atoms with E-state index in [-0.39, 0.29) is 11.9 Å². The van der Waals surface area contributed by atoms with Gasteiger partial charge >= 0.3 is 0 Å². The number of hydrogen-bond acceptors (Lipinski definition) is 4. The normalized spacial score (nSPS) is 15.1. The lowest BCUT2D eigenvalue weighted by Crippen LogP contribution is -2.31. The SMILES string of the molecule is CCCc1nn(C(C)C)c2cnc(N(Cc3ccc(F)cc3)CC3CCCCC3)nc12. The standard InChI is InChI=1S/C25H34FN5/c1-4-8-22-24-23(31(29-22)18(2)3)15-27-25(28-24)30(16-19-9-6-5-7-10-19)17-20-11-13-21(26)14-12-20/h11-15,18-19H,4-10,16-17H2,1-3H3. The summed E-state index contributed by atoms with van der Waals surface area (Å²) in [6.45, 7) is 8.07. The van der Waals surface area contributed by atoms with Crippen molar-refractivity contribution < 1.29 is 4.39 Å². The van der Waals surface area contributed by atoms with Crippen molar-refractivity contribution in [2.75, 3.05) is 11.4 Å². The molecule has 6 heteroatoms. The van der Waals surface area contributed by atoms with Crippen LogP contribution in [0.25, 0.3) is 11.0 Å². The van der Waals surface area contributed by atoms with Gasteiger partial charge in [-0.2, -0.15) is 5.10 Å². The van der Waals surface area contributed by atoms with Crippen LogP contribution in [-0.2, 0) is 13.0 Å². The molecule has 1 fully saturated rings. The minimum Gasteiger partial charge on any atom is -0.336 e. The molecule has 0 amide bonds. The Kier molecular flexibility index (Phi) is 6.83. The molecular formula is C25H34FN5. The molecule has 1 aliphatic rings. The number of rotatable bonds is 8. The summed E-state index contributed by atoms with van der Waals surface area (Å²) in [6, 6.07) is 7.05. The van der Waals surface area contributed by atoms with E-state index in [1.54, 1.807) is 0 Å². The van der Waals surface area contributed by atoms with E-state index in [1.807, 2.05) is 23.0 Å². The first kappa shape index (κ1) is 21.7. The molecule has 1 aromatic carbocycles. The molecule has 0 unspecified atom stereocenters. The molecule has 0 N–H and O–H groups in total. The molecule has 166 valence electrons. The van der Waals surface area contributed by atoms with Crippen LogP contribution in [0.2, 0.25) is 0 Å². The highest BCUT2D eigenvalue weighted by atomic mass is 19.1. The van der Waals surface area contributed by atoms with Crippen molar-refractivity contribution in [2.24, 2.45) is 5.92 Å². The summed E-state index contributed by atoms with van der Waals surface area (Å²) in [5.74, 6) is 1.20. The Bertz CT molecular complexity index is 989. The Morgan fingerprint density at radius 2 is 1.87 bits per heavy atom. The Balaban J connectivity index is 1.69. The minimum atomic E-state index is -0.203. The van der Waals surface area contributed by atoms with E-state index in [4.69, 9.17) is 15.1 Å². The number of anilines is 1. The fourth-order valence-corrected chi connectivity index (χ4v) is 4.64. The summed E-state index contributed by atoms with van der Waals surface area (Å²) in [7, 11) is 0. The summed E-state index contributed by atoms with van der Waals surface area (Å²) in [5.41, 5.74) is 4.09. The third-order valence-corrected chi connectivity index (χ3v) is 6.25. The van der Waals surface area contributed by atoms with Crippen molar-refractivity contribution in [2.45, 2.75) is 78.3 Å². The monoisotopic (exact) mass is 423 g/mol. The van der Waals surface area contributed by atoms with Crippen LogP contribution in [0.15, 0.2) is 30.5 Å². The van der Waals surface area contributed by atoms with Crippen LogP contribution in [-0.4, -0.2) is 26.3 Å². The van der Waals surface area contributed by atoms with E-state index < -0.39 is 0 Å². The van der Waals surface area contributed by atoms with Gasteiger partial charge in [-0.05, 0) is 56.7 Å². The van der Waals surface area contributed by atoms with Gasteiger partial charge in [0.2, 0.25) is 5.95 Å². The first-order valence-corrected chi connectivity index (χ1v) is 11.8. The van der Waals surface area contributed by atoms with Crippen LogP contribution < -0.4 is 4.90 Å². The minimum absolute atomic E-state index is 0.203. The maximum absolute atomic E-state index is 13.4. The molecule has 0 radical (unpaired) electrons. The van der Waals surface area contributed by atoms with Crippen molar-refractivity contribution in [1.29, 1.82) is 0 Å². The highest BCUT2D eigenvalue weighted by Gasteiger charge is 2.22. The molecule has 0 bridgehead atoms. The van der Waals surface area contributed by atoms with Crippen LogP contribution >= 0.6 is 0 Å². The van der Waals surface area contributed by atoms with Gasteiger partial charge in [-0.1, -0.05) is 44.7 Å².